The van der Waals surface area contributed by atoms with Gasteiger partial charge in [0.1, 0.15) is 0 Å². The third-order valence-corrected chi connectivity index (χ3v) is 3.86. The largest absolute Gasteiger partial charge is 0.265 e. The highest BCUT2D eigenvalue weighted by Gasteiger charge is 2.14. The molecule has 92 valence electrons. The number of pyridine rings is 1. The third-order valence-electron chi connectivity index (χ3n) is 3.86. The van der Waals surface area contributed by atoms with E-state index in [1.165, 1.54) is 44.1 Å². The molecule has 0 unspecified atom stereocenters. The van der Waals surface area contributed by atoms with Gasteiger partial charge in [-0.25, -0.2) is 0 Å². The molecule has 0 saturated heterocycles. The highest BCUT2D eigenvalue weighted by atomic mass is 14.6. The minimum atomic E-state index is 0.941. The minimum absolute atomic E-state index is 0.941. The Morgan fingerprint density at radius 1 is 1.24 bits per heavy atom. The third kappa shape index (κ3) is 3.99. The summed E-state index contributed by atoms with van der Waals surface area (Å²) in [5, 5.41) is 0. The molecule has 0 amide bonds. The van der Waals surface area contributed by atoms with Gasteiger partial charge in [-0.3, -0.25) is 4.98 Å². The van der Waals surface area contributed by atoms with Gasteiger partial charge >= 0.3 is 0 Å². The van der Waals surface area contributed by atoms with E-state index in [1.807, 2.05) is 12.4 Å². The van der Waals surface area contributed by atoms with E-state index in [-0.39, 0.29) is 0 Å². The van der Waals surface area contributed by atoms with Gasteiger partial charge in [-0.2, -0.15) is 0 Å². The molecule has 0 bridgehead atoms. The average Bonchev–Trinajstić information content (AvgIpc) is 2.40. The highest BCUT2D eigenvalue weighted by Crippen LogP contribution is 2.29. The molecule has 0 N–H and O–H groups in total. The lowest BCUT2D eigenvalue weighted by molar-refractivity contribution is 0.354. The first-order valence-electron chi connectivity index (χ1n) is 6.91. The van der Waals surface area contributed by atoms with Crippen LogP contribution < -0.4 is 0 Å². The van der Waals surface area contributed by atoms with Crippen molar-refractivity contribution in [2.24, 2.45) is 5.92 Å². The molecule has 1 saturated carbocycles. The fourth-order valence-electron chi connectivity index (χ4n) is 2.82. The molecule has 1 aromatic rings. The first-order valence-corrected chi connectivity index (χ1v) is 6.91. The Balaban J connectivity index is 1.89. The summed E-state index contributed by atoms with van der Waals surface area (Å²) in [7, 11) is 0. The van der Waals surface area contributed by atoms with E-state index in [4.69, 9.17) is 0 Å². The van der Waals surface area contributed by atoms with Gasteiger partial charge in [0.05, 0.1) is 0 Å². The Morgan fingerprint density at radius 3 is 2.59 bits per heavy atom. The summed E-state index contributed by atoms with van der Waals surface area (Å²) in [6, 6.07) is 4.26. The Hall–Kier alpha value is -1.11. The van der Waals surface area contributed by atoms with Crippen LogP contribution in [0.4, 0.5) is 0 Å². The molecule has 1 aliphatic rings. The molecule has 0 aromatic carbocycles. The second-order valence-electron chi connectivity index (χ2n) is 5.19. The lowest BCUT2D eigenvalue weighted by Crippen LogP contribution is -2.08. The van der Waals surface area contributed by atoms with Crippen LogP contribution in [0.3, 0.4) is 0 Å². The first-order chi connectivity index (χ1) is 8.38. The van der Waals surface area contributed by atoms with Gasteiger partial charge in [-0.1, -0.05) is 43.8 Å². The minimum Gasteiger partial charge on any atom is -0.265 e. The number of hydrogen-bond donors (Lipinski definition) is 0. The Labute approximate surface area is 105 Å². The molecular formula is C16H23N. The second kappa shape index (κ2) is 6.58. The summed E-state index contributed by atoms with van der Waals surface area (Å²) < 4.78 is 0. The molecular weight excluding hydrogens is 206 g/mol. The lowest BCUT2D eigenvalue weighted by atomic mass is 9.83. The fourth-order valence-corrected chi connectivity index (χ4v) is 2.82. The normalized spacial score (nSPS) is 18.3. The van der Waals surface area contributed by atoms with Crippen LogP contribution in [0.15, 0.2) is 36.2 Å². The van der Waals surface area contributed by atoms with Crippen molar-refractivity contribution < 1.29 is 0 Å². The number of nitrogens with zero attached hydrogens (tertiary/aromatic N) is 1. The van der Waals surface area contributed by atoms with Gasteiger partial charge < -0.3 is 0 Å². The maximum Gasteiger partial charge on any atom is 0.0270 e. The van der Waals surface area contributed by atoms with Gasteiger partial charge in [0, 0.05) is 12.4 Å². The monoisotopic (exact) mass is 229 g/mol. The second-order valence-corrected chi connectivity index (χ2v) is 5.19. The van der Waals surface area contributed by atoms with Crippen molar-refractivity contribution in [3.05, 3.63) is 41.7 Å². The van der Waals surface area contributed by atoms with Gasteiger partial charge in [0.2, 0.25) is 0 Å². The van der Waals surface area contributed by atoms with Crippen molar-refractivity contribution in [2.45, 2.75) is 51.9 Å². The Morgan fingerprint density at radius 2 is 1.94 bits per heavy atom. The molecule has 1 aromatic heterocycles. The van der Waals surface area contributed by atoms with E-state index >= 15 is 0 Å². The summed E-state index contributed by atoms with van der Waals surface area (Å²) >= 11 is 0. The molecule has 0 aliphatic heterocycles. The van der Waals surface area contributed by atoms with Crippen molar-refractivity contribution in [3.8, 4) is 0 Å². The van der Waals surface area contributed by atoms with Crippen LogP contribution in [0, 0.1) is 5.92 Å². The molecule has 1 nitrogen and oxygen atoms in total. The van der Waals surface area contributed by atoms with Crippen molar-refractivity contribution in [2.75, 3.05) is 0 Å². The van der Waals surface area contributed by atoms with Crippen LogP contribution in [0.25, 0.3) is 0 Å². The fraction of sp³-hybridized carbons (Fsp3) is 0.562. The molecule has 1 heterocycles. The van der Waals surface area contributed by atoms with Gasteiger partial charge in [0.15, 0.2) is 0 Å². The molecule has 1 fully saturated rings. The summed E-state index contributed by atoms with van der Waals surface area (Å²) in [6.45, 7) is 2.18. The highest BCUT2D eigenvalue weighted by molar-refractivity contribution is 5.19. The maximum atomic E-state index is 4.07. The van der Waals surface area contributed by atoms with E-state index in [1.54, 1.807) is 5.57 Å². The van der Waals surface area contributed by atoms with E-state index in [0.717, 1.165) is 12.3 Å². The average molecular weight is 229 g/mol. The maximum absolute atomic E-state index is 4.07. The standard InChI is InChI=1S/C16H23N/c1-2-14(12-15-6-4-3-5-7-15)13-16-8-10-17-11-9-16/h2,8-11,15H,3-7,12-13H2,1H3/b14-2+. The molecule has 17 heavy (non-hydrogen) atoms. The van der Waals surface area contributed by atoms with Gasteiger partial charge in [-0.15, -0.1) is 0 Å². The van der Waals surface area contributed by atoms with E-state index in [0.29, 0.717) is 0 Å². The smallest absolute Gasteiger partial charge is 0.0270 e. The number of hydrogen-bond acceptors (Lipinski definition) is 1. The van der Waals surface area contributed by atoms with Crippen molar-refractivity contribution >= 4 is 0 Å². The van der Waals surface area contributed by atoms with Crippen molar-refractivity contribution in [3.63, 3.8) is 0 Å². The molecule has 1 aliphatic carbocycles. The molecule has 2 rings (SSSR count). The lowest BCUT2D eigenvalue weighted by Gasteiger charge is -2.22. The molecule has 0 radical (unpaired) electrons. The first kappa shape index (κ1) is 12.3. The number of rotatable bonds is 4. The summed E-state index contributed by atoms with van der Waals surface area (Å²) in [5.41, 5.74) is 2.99. The van der Waals surface area contributed by atoms with Crippen molar-refractivity contribution in [1.29, 1.82) is 0 Å². The summed E-state index contributed by atoms with van der Waals surface area (Å²) in [5.74, 6) is 0.941. The van der Waals surface area contributed by atoms with Crippen molar-refractivity contribution in [1.82, 2.24) is 4.98 Å². The molecule has 0 spiro atoms. The predicted molar refractivity (Wildman–Crippen MR) is 72.9 cm³/mol. The van der Waals surface area contributed by atoms with Crippen LogP contribution in [0.2, 0.25) is 0 Å². The number of allylic oxidation sites excluding steroid dienone is 2. The van der Waals surface area contributed by atoms with E-state index in [2.05, 4.69) is 30.1 Å². The zero-order chi connectivity index (χ0) is 11.9. The van der Waals surface area contributed by atoms with E-state index in [9.17, 15) is 0 Å². The van der Waals surface area contributed by atoms with Crippen LogP contribution in [0.1, 0.15) is 51.0 Å². The topological polar surface area (TPSA) is 12.9 Å². The quantitative estimate of drug-likeness (QED) is 0.691. The zero-order valence-corrected chi connectivity index (χ0v) is 10.9. The predicted octanol–water partition coefficient (Wildman–Crippen LogP) is 4.54. The molecule has 0 atom stereocenters. The molecule has 1 heteroatoms. The number of aromatic nitrogens is 1. The SMILES string of the molecule is C/C=C(/Cc1ccncc1)CC1CCCCC1. The summed E-state index contributed by atoms with van der Waals surface area (Å²) in [6.07, 6.45) is 15.7. The van der Waals surface area contributed by atoms with Crippen LogP contribution in [-0.4, -0.2) is 4.98 Å². The van der Waals surface area contributed by atoms with E-state index < -0.39 is 0 Å². The van der Waals surface area contributed by atoms with Gasteiger partial charge in [0.25, 0.3) is 0 Å². The van der Waals surface area contributed by atoms with Gasteiger partial charge in [-0.05, 0) is 43.4 Å². The zero-order valence-electron chi connectivity index (χ0n) is 10.9. The van der Waals surface area contributed by atoms with Crippen LogP contribution in [-0.2, 0) is 6.42 Å². The van der Waals surface area contributed by atoms with Crippen LogP contribution in [0.5, 0.6) is 0 Å². The summed E-state index contributed by atoms with van der Waals surface area (Å²) in [4.78, 5) is 4.07. The Kier molecular flexibility index (Phi) is 4.78. The Bertz CT molecular complexity index is 347. The van der Waals surface area contributed by atoms with Crippen LogP contribution >= 0.6 is 0 Å².